The van der Waals surface area contributed by atoms with Gasteiger partial charge < -0.3 is 4.55 Å². The molecule has 0 heterocycles. The van der Waals surface area contributed by atoms with Gasteiger partial charge >= 0.3 is 0 Å². The van der Waals surface area contributed by atoms with Crippen LogP contribution >= 0.6 is 0 Å². The third-order valence-electron chi connectivity index (χ3n) is 4.09. The second-order valence-electron chi connectivity index (χ2n) is 5.80. The number of hydrogen-bond acceptors (Lipinski definition) is 3. The number of hydrogen-bond donors (Lipinski definition) is 2. The minimum Gasteiger partial charge on any atom is -0.579 e. The molecule has 0 bridgehead atoms. The highest BCUT2D eigenvalue weighted by Gasteiger charge is 2.14. The summed E-state index contributed by atoms with van der Waals surface area (Å²) in [4.78, 5) is 0. The van der Waals surface area contributed by atoms with Crippen molar-refractivity contribution in [2.24, 2.45) is 11.8 Å². The fourth-order valence-electron chi connectivity index (χ4n) is 2.32. The lowest BCUT2D eigenvalue weighted by Gasteiger charge is -2.19. The van der Waals surface area contributed by atoms with Crippen LogP contribution in [0.1, 0.15) is 79.1 Å². The molecular weight excluding hydrogens is 268 g/mol. The van der Waals surface area contributed by atoms with Gasteiger partial charge in [0.25, 0.3) is 0 Å². The van der Waals surface area contributed by atoms with Crippen molar-refractivity contribution in [2.45, 2.75) is 79.1 Å². The molecule has 0 aliphatic rings. The first-order chi connectivity index (χ1) is 9.67. The van der Waals surface area contributed by atoms with Gasteiger partial charge in [0.1, 0.15) is 11.5 Å². The predicted molar refractivity (Wildman–Crippen MR) is 90.8 cm³/mol. The highest BCUT2D eigenvalue weighted by molar-refractivity contribution is 7.87. The number of unbranched alkanes of at least 4 members (excludes halogenated alkanes) is 2. The van der Waals surface area contributed by atoms with Crippen molar-refractivity contribution in [1.82, 2.24) is 9.44 Å². The monoisotopic (exact) mass is 304 g/mol. The lowest BCUT2D eigenvalue weighted by atomic mass is 10.00. The third-order valence-corrected chi connectivity index (χ3v) is 4.95. The second kappa shape index (κ2) is 14.2. The summed E-state index contributed by atoms with van der Waals surface area (Å²) < 4.78 is 18.2. The molecule has 2 atom stereocenters. The van der Waals surface area contributed by atoms with Crippen LogP contribution in [-0.4, -0.2) is 17.6 Å². The molecule has 2 unspecified atom stereocenters. The van der Waals surface area contributed by atoms with Gasteiger partial charge in [0.15, 0.2) is 0 Å². The summed E-state index contributed by atoms with van der Waals surface area (Å²) in [5.74, 6) is 1.31. The summed E-state index contributed by atoms with van der Waals surface area (Å²) in [7, 11) is 0. The topological polar surface area (TPSA) is 47.1 Å². The third kappa shape index (κ3) is 11.0. The van der Waals surface area contributed by atoms with Crippen LogP contribution in [0.15, 0.2) is 0 Å². The molecule has 0 rings (SSSR count). The molecule has 0 aromatic rings. The van der Waals surface area contributed by atoms with E-state index in [-0.39, 0.29) is 0 Å². The Balaban J connectivity index is 3.76. The maximum absolute atomic E-state index is 11.9. The fourth-order valence-corrected chi connectivity index (χ4v) is 3.20. The molecule has 0 aromatic heterocycles. The van der Waals surface area contributed by atoms with Crippen LogP contribution in [0.2, 0.25) is 0 Å². The molecule has 2 N–H and O–H groups in total. The van der Waals surface area contributed by atoms with Gasteiger partial charge in [-0.25, -0.2) is 0 Å². The maximum atomic E-state index is 11.9. The average molecular weight is 305 g/mol. The standard InChI is InChI=1S/C16H36N2OS/c1-5-9-11-15(7-3)13-17-20(19)18-14-16(8-4)12-10-6-2/h15-18H,5-14H2,1-4H3. The largest absolute Gasteiger partial charge is 0.579 e. The smallest absolute Gasteiger partial charge is 0.134 e. The highest BCUT2D eigenvalue weighted by Crippen LogP contribution is 2.13. The molecule has 0 saturated heterocycles. The molecule has 0 spiro atoms. The van der Waals surface area contributed by atoms with Gasteiger partial charge in [0.2, 0.25) is 0 Å². The van der Waals surface area contributed by atoms with Gasteiger partial charge in [-0.2, -0.15) is 0 Å². The van der Waals surface area contributed by atoms with E-state index >= 15 is 0 Å². The van der Waals surface area contributed by atoms with E-state index in [0.717, 1.165) is 25.9 Å². The Kier molecular flexibility index (Phi) is 14.3. The van der Waals surface area contributed by atoms with Crippen LogP contribution in [0.5, 0.6) is 0 Å². The Morgan fingerprint density at radius 2 is 1.20 bits per heavy atom. The van der Waals surface area contributed by atoms with Crippen LogP contribution in [0.4, 0.5) is 0 Å². The SMILES string of the molecule is CCCCC(CC)CN[S+]([O-])NCC(CC)CCCC. The fraction of sp³-hybridized carbons (Fsp3) is 1.00. The van der Waals surface area contributed by atoms with Gasteiger partial charge in [-0.05, 0) is 24.7 Å². The van der Waals surface area contributed by atoms with E-state index in [4.69, 9.17) is 0 Å². The van der Waals surface area contributed by atoms with Crippen LogP contribution in [0, 0.1) is 11.8 Å². The molecule has 0 saturated carbocycles. The zero-order valence-electron chi connectivity index (χ0n) is 14.0. The summed E-state index contributed by atoms with van der Waals surface area (Å²) in [6, 6.07) is 0. The van der Waals surface area contributed by atoms with Gasteiger partial charge in [0, 0.05) is 13.1 Å². The molecule has 0 aliphatic heterocycles. The van der Waals surface area contributed by atoms with E-state index in [2.05, 4.69) is 37.1 Å². The Hall–Kier alpha value is 0.230. The van der Waals surface area contributed by atoms with E-state index in [1.165, 1.54) is 38.5 Å². The predicted octanol–water partition coefficient (Wildman–Crippen LogP) is 4.18. The summed E-state index contributed by atoms with van der Waals surface area (Å²) in [5.41, 5.74) is 0. The molecule has 3 nitrogen and oxygen atoms in total. The van der Waals surface area contributed by atoms with E-state index in [1.807, 2.05) is 0 Å². The van der Waals surface area contributed by atoms with Crippen molar-refractivity contribution in [3.05, 3.63) is 0 Å². The van der Waals surface area contributed by atoms with Crippen molar-refractivity contribution in [1.29, 1.82) is 0 Å². The van der Waals surface area contributed by atoms with Crippen LogP contribution in [0.3, 0.4) is 0 Å². The van der Waals surface area contributed by atoms with Crippen LogP contribution < -0.4 is 9.44 Å². The zero-order valence-corrected chi connectivity index (χ0v) is 14.9. The molecule has 4 heteroatoms. The molecule has 0 radical (unpaired) electrons. The highest BCUT2D eigenvalue weighted by atomic mass is 32.2. The zero-order chi connectivity index (χ0) is 15.2. The summed E-state index contributed by atoms with van der Waals surface area (Å²) in [6.07, 6.45) is 9.85. The lowest BCUT2D eigenvalue weighted by Crippen LogP contribution is -2.41. The van der Waals surface area contributed by atoms with Gasteiger partial charge in [-0.15, -0.1) is 9.44 Å². The van der Waals surface area contributed by atoms with Crippen molar-refractivity contribution < 1.29 is 4.55 Å². The van der Waals surface area contributed by atoms with E-state index in [1.54, 1.807) is 0 Å². The average Bonchev–Trinajstić information content (AvgIpc) is 2.47. The maximum Gasteiger partial charge on any atom is 0.134 e. The Bertz CT molecular complexity index is 185. The Labute approximate surface area is 130 Å². The Morgan fingerprint density at radius 3 is 1.50 bits per heavy atom. The van der Waals surface area contributed by atoms with Crippen molar-refractivity contribution >= 4 is 11.5 Å². The first-order valence-electron chi connectivity index (χ1n) is 8.56. The van der Waals surface area contributed by atoms with Crippen LogP contribution in [-0.2, 0) is 11.5 Å². The number of rotatable bonds is 14. The molecule has 20 heavy (non-hydrogen) atoms. The van der Waals surface area contributed by atoms with Crippen LogP contribution in [0.25, 0.3) is 0 Å². The second-order valence-corrected chi connectivity index (χ2v) is 6.91. The van der Waals surface area contributed by atoms with Crippen molar-refractivity contribution in [3.63, 3.8) is 0 Å². The van der Waals surface area contributed by atoms with Gasteiger partial charge in [0.05, 0.1) is 0 Å². The number of nitrogens with one attached hydrogen (secondary N) is 2. The minimum atomic E-state index is -1.08. The van der Waals surface area contributed by atoms with E-state index in [9.17, 15) is 4.55 Å². The molecule has 0 amide bonds. The molecular formula is C16H36N2OS. The first kappa shape index (κ1) is 20.2. The first-order valence-corrected chi connectivity index (χ1v) is 9.71. The molecule has 0 aromatic carbocycles. The molecule has 0 aliphatic carbocycles. The van der Waals surface area contributed by atoms with E-state index in [0.29, 0.717) is 11.8 Å². The van der Waals surface area contributed by atoms with Gasteiger partial charge in [-0.1, -0.05) is 66.2 Å². The van der Waals surface area contributed by atoms with Gasteiger partial charge in [-0.3, -0.25) is 0 Å². The quantitative estimate of drug-likeness (QED) is 0.473. The van der Waals surface area contributed by atoms with E-state index < -0.39 is 11.5 Å². The minimum absolute atomic E-state index is 0.655. The van der Waals surface area contributed by atoms with Crippen molar-refractivity contribution in [3.8, 4) is 0 Å². The summed E-state index contributed by atoms with van der Waals surface area (Å²) in [5, 5.41) is 0. The molecule has 0 fully saturated rings. The Morgan fingerprint density at radius 1 is 0.800 bits per heavy atom. The summed E-state index contributed by atoms with van der Waals surface area (Å²) in [6.45, 7) is 10.6. The molecule has 122 valence electrons. The lowest BCUT2D eigenvalue weighted by molar-refractivity contribution is 0.429. The summed E-state index contributed by atoms with van der Waals surface area (Å²) >= 11 is -1.08. The van der Waals surface area contributed by atoms with Crippen molar-refractivity contribution in [2.75, 3.05) is 13.1 Å². The normalized spacial score (nSPS) is 16.1.